The van der Waals surface area contributed by atoms with Gasteiger partial charge < -0.3 is 15.0 Å². The highest BCUT2D eigenvalue weighted by Crippen LogP contribution is 2.19. The SMILES string of the molecule is O=C(CCCc1c[nH]c2ccccc12)NCc1ccc(OC(F)F)cc1. The zero-order chi connectivity index (χ0) is 18.4. The van der Waals surface area contributed by atoms with Crippen LogP contribution in [0.15, 0.2) is 54.7 Å². The van der Waals surface area contributed by atoms with Crippen molar-refractivity contribution in [1.29, 1.82) is 0 Å². The van der Waals surface area contributed by atoms with Crippen LogP contribution in [0.1, 0.15) is 24.0 Å². The highest BCUT2D eigenvalue weighted by molar-refractivity contribution is 5.83. The molecule has 6 heteroatoms. The lowest BCUT2D eigenvalue weighted by Gasteiger charge is -2.07. The van der Waals surface area contributed by atoms with E-state index in [2.05, 4.69) is 21.1 Å². The van der Waals surface area contributed by atoms with E-state index < -0.39 is 6.61 Å². The van der Waals surface area contributed by atoms with Crippen LogP contribution < -0.4 is 10.1 Å². The van der Waals surface area contributed by atoms with Gasteiger partial charge in [-0.05, 0) is 42.2 Å². The predicted molar refractivity (Wildman–Crippen MR) is 96.2 cm³/mol. The van der Waals surface area contributed by atoms with Gasteiger partial charge in [0.15, 0.2) is 0 Å². The maximum absolute atomic E-state index is 12.1. The molecule has 2 N–H and O–H groups in total. The number of H-pyrrole nitrogens is 1. The van der Waals surface area contributed by atoms with Gasteiger partial charge in [-0.2, -0.15) is 8.78 Å². The number of rotatable bonds is 8. The van der Waals surface area contributed by atoms with Crippen molar-refractivity contribution in [2.45, 2.75) is 32.4 Å². The minimum Gasteiger partial charge on any atom is -0.435 e. The van der Waals surface area contributed by atoms with Crippen molar-refractivity contribution in [1.82, 2.24) is 10.3 Å². The van der Waals surface area contributed by atoms with Crippen LogP contribution >= 0.6 is 0 Å². The zero-order valence-corrected chi connectivity index (χ0v) is 14.2. The van der Waals surface area contributed by atoms with Gasteiger partial charge in [0.05, 0.1) is 0 Å². The molecular weight excluding hydrogens is 338 g/mol. The molecule has 1 aromatic heterocycles. The Morgan fingerprint density at radius 3 is 2.65 bits per heavy atom. The van der Waals surface area contributed by atoms with Crippen LogP contribution in [-0.4, -0.2) is 17.5 Å². The Bertz CT molecular complexity index is 860. The summed E-state index contributed by atoms with van der Waals surface area (Å²) in [7, 11) is 0. The standard InChI is InChI=1S/C20H20F2N2O2/c21-20(22)26-16-10-8-14(9-11-16)12-24-19(25)7-3-4-15-13-23-18-6-2-1-5-17(15)18/h1-2,5-6,8-11,13,20,23H,3-4,7,12H2,(H,24,25). The predicted octanol–water partition coefficient (Wildman–Crippen LogP) is 4.41. The molecule has 0 radical (unpaired) electrons. The number of aryl methyl sites for hydroxylation is 1. The van der Waals surface area contributed by atoms with Crippen molar-refractivity contribution in [3.63, 3.8) is 0 Å². The summed E-state index contributed by atoms with van der Waals surface area (Å²) in [6, 6.07) is 14.3. The third kappa shape index (κ3) is 4.81. The molecular formula is C20H20F2N2O2. The fraction of sp³-hybridized carbons (Fsp3) is 0.250. The van der Waals surface area contributed by atoms with E-state index >= 15 is 0 Å². The van der Waals surface area contributed by atoms with Gasteiger partial charge in [0.2, 0.25) is 5.91 Å². The number of carbonyl (C=O) groups is 1. The van der Waals surface area contributed by atoms with Crippen molar-refractivity contribution in [3.05, 3.63) is 65.9 Å². The smallest absolute Gasteiger partial charge is 0.387 e. The van der Waals surface area contributed by atoms with Gasteiger partial charge in [0.25, 0.3) is 0 Å². The number of para-hydroxylation sites is 1. The number of halogens is 2. The molecule has 0 fully saturated rings. The summed E-state index contributed by atoms with van der Waals surface area (Å²) < 4.78 is 28.5. The number of amides is 1. The number of alkyl halides is 2. The van der Waals surface area contributed by atoms with Crippen LogP contribution in [0.4, 0.5) is 8.78 Å². The number of hydrogen-bond donors (Lipinski definition) is 2. The van der Waals surface area contributed by atoms with Gasteiger partial charge >= 0.3 is 6.61 Å². The van der Waals surface area contributed by atoms with E-state index in [0.717, 1.165) is 23.9 Å². The fourth-order valence-electron chi connectivity index (χ4n) is 2.86. The molecule has 0 aliphatic rings. The molecule has 0 aliphatic heterocycles. The Labute approximate surface area is 150 Å². The van der Waals surface area contributed by atoms with Crippen LogP contribution in [-0.2, 0) is 17.8 Å². The van der Waals surface area contributed by atoms with E-state index in [1.165, 1.54) is 23.1 Å². The largest absolute Gasteiger partial charge is 0.435 e. The molecule has 0 saturated carbocycles. The van der Waals surface area contributed by atoms with Gasteiger partial charge in [-0.15, -0.1) is 0 Å². The van der Waals surface area contributed by atoms with Gasteiger partial charge in [-0.3, -0.25) is 4.79 Å². The molecule has 0 atom stereocenters. The van der Waals surface area contributed by atoms with E-state index in [4.69, 9.17) is 0 Å². The minimum atomic E-state index is -2.84. The molecule has 0 bridgehead atoms. The summed E-state index contributed by atoms with van der Waals surface area (Å²) in [5, 5.41) is 4.03. The second kappa shape index (κ2) is 8.47. The Hall–Kier alpha value is -2.89. The molecule has 136 valence electrons. The maximum Gasteiger partial charge on any atom is 0.387 e. The zero-order valence-electron chi connectivity index (χ0n) is 14.2. The molecule has 4 nitrogen and oxygen atoms in total. The van der Waals surface area contributed by atoms with Crippen molar-refractivity contribution in [2.75, 3.05) is 0 Å². The average Bonchev–Trinajstić information content (AvgIpc) is 3.04. The van der Waals surface area contributed by atoms with Crippen LogP contribution in [0, 0.1) is 0 Å². The molecule has 3 rings (SSSR count). The Kier molecular flexibility index (Phi) is 5.84. The molecule has 1 amide bonds. The first-order valence-corrected chi connectivity index (χ1v) is 8.47. The molecule has 3 aromatic rings. The summed E-state index contributed by atoms with van der Waals surface area (Å²) in [5.74, 6) is 0.0755. The van der Waals surface area contributed by atoms with Gasteiger partial charge in [-0.1, -0.05) is 30.3 Å². The van der Waals surface area contributed by atoms with Crippen LogP contribution in [0.2, 0.25) is 0 Å². The molecule has 0 aliphatic carbocycles. The molecule has 26 heavy (non-hydrogen) atoms. The van der Waals surface area contributed by atoms with Gasteiger partial charge in [0, 0.05) is 30.1 Å². The van der Waals surface area contributed by atoms with E-state index in [1.807, 2.05) is 24.4 Å². The van der Waals surface area contributed by atoms with E-state index in [-0.39, 0.29) is 11.7 Å². The summed E-state index contributed by atoms with van der Waals surface area (Å²) in [6.45, 7) is -2.47. The van der Waals surface area contributed by atoms with E-state index in [0.29, 0.717) is 13.0 Å². The Morgan fingerprint density at radius 2 is 1.88 bits per heavy atom. The number of carbonyl (C=O) groups excluding carboxylic acids is 1. The summed E-state index contributed by atoms with van der Waals surface area (Å²) in [4.78, 5) is 15.2. The Balaban J connectivity index is 1.41. The first-order valence-electron chi connectivity index (χ1n) is 8.47. The molecule has 0 spiro atoms. The normalized spacial score (nSPS) is 11.0. The Morgan fingerprint density at radius 1 is 1.12 bits per heavy atom. The monoisotopic (exact) mass is 358 g/mol. The topological polar surface area (TPSA) is 54.1 Å². The third-order valence-corrected chi connectivity index (χ3v) is 4.16. The number of fused-ring (bicyclic) bond motifs is 1. The summed E-state index contributed by atoms with van der Waals surface area (Å²) in [5.41, 5.74) is 3.14. The lowest BCUT2D eigenvalue weighted by atomic mass is 10.1. The number of aromatic nitrogens is 1. The number of benzene rings is 2. The number of aromatic amines is 1. The van der Waals surface area contributed by atoms with Crippen molar-refractivity contribution in [3.8, 4) is 5.75 Å². The van der Waals surface area contributed by atoms with Crippen molar-refractivity contribution >= 4 is 16.8 Å². The van der Waals surface area contributed by atoms with E-state index in [1.54, 1.807) is 12.1 Å². The van der Waals surface area contributed by atoms with Crippen LogP contribution in [0.5, 0.6) is 5.75 Å². The second-order valence-electron chi connectivity index (χ2n) is 6.01. The molecule has 0 unspecified atom stereocenters. The lowest BCUT2D eigenvalue weighted by Crippen LogP contribution is -2.22. The minimum absolute atomic E-state index is 0.0299. The average molecular weight is 358 g/mol. The highest BCUT2D eigenvalue weighted by Gasteiger charge is 2.07. The van der Waals surface area contributed by atoms with Gasteiger partial charge in [-0.25, -0.2) is 0 Å². The van der Waals surface area contributed by atoms with Gasteiger partial charge in [0.1, 0.15) is 5.75 Å². The lowest BCUT2D eigenvalue weighted by molar-refractivity contribution is -0.121. The van der Waals surface area contributed by atoms with Crippen LogP contribution in [0.25, 0.3) is 10.9 Å². The number of nitrogens with one attached hydrogen (secondary N) is 2. The van der Waals surface area contributed by atoms with Crippen LogP contribution in [0.3, 0.4) is 0 Å². The van der Waals surface area contributed by atoms with Crippen molar-refractivity contribution < 1.29 is 18.3 Å². The first kappa shape index (κ1) is 17.9. The second-order valence-corrected chi connectivity index (χ2v) is 6.01. The molecule has 0 saturated heterocycles. The van der Waals surface area contributed by atoms with E-state index in [9.17, 15) is 13.6 Å². The molecule has 2 aromatic carbocycles. The summed E-state index contributed by atoms with van der Waals surface area (Å²) >= 11 is 0. The number of ether oxygens (including phenoxy) is 1. The molecule has 1 heterocycles. The fourth-order valence-corrected chi connectivity index (χ4v) is 2.86. The quantitative estimate of drug-likeness (QED) is 0.627. The third-order valence-electron chi connectivity index (χ3n) is 4.16. The highest BCUT2D eigenvalue weighted by atomic mass is 19.3. The maximum atomic E-state index is 12.1. The first-order chi connectivity index (χ1) is 12.6. The van der Waals surface area contributed by atoms with Crippen molar-refractivity contribution in [2.24, 2.45) is 0 Å². The summed E-state index contributed by atoms with van der Waals surface area (Å²) in [6.07, 6.45) is 4.02. The number of hydrogen-bond acceptors (Lipinski definition) is 2.